The van der Waals surface area contributed by atoms with E-state index in [4.69, 9.17) is 4.98 Å². The molecule has 2 N–H and O–H groups in total. The van der Waals surface area contributed by atoms with Crippen molar-refractivity contribution in [3.05, 3.63) is 86.6 Å². The zero-order chi connectivity index (χ0) is 34.3. The first-order chi connectivity index (χ1) is 22.8. The van der Waals surface area contributed by atoms with Gasteiger partial charge in [0.25, 0.3) is 5.56 Å². The zero-order valence-corrected chi connectivity index (χ0v) is 27.5. The maximum atomic E-state index is 16.7. The number of piperazine rings is 1. The van der Waals surface area contributed by atoms with Crippen molar-refractivity contribution in [1.29, 1.82) is 0 Å². The monoisotopic (exact) mass is 650 g/mol. The zero-order valence-electron chi connectivity index (χ0n) is 27.5. The molecular formula is C35H35FN8O4. The Morgan fingerprint density at radius 3 is 2.56 bits per heavy atom. The predicted octanol–water partition coefficient (Wildman–Crippen LogP) is 4.05. The van der Waals surface area contributed by atoms with Gasteiger partial charge in [-0.1, -0.05) is 26.5 Å². The molecule has 5 aromatic rings. The largest absolute Gasteiger partial charge is 0.354 e. The van der Waals surface area contributed by atoms with E-state index in [9.17, 15) is 19.2 Å². The van der Waals surface area contributed by atoms with Crippen molar-refractivity contribution in [3.63, 3.8) is 0 Å². The molecule has 13 heteroatoms. The molecule has 1 aromatic carbocycles. The van der Waals surface area contributed by atoms with Crippen molar-refractivity contribution in [3.8, 4) is 16.9 Å². The fraction of sp³-hybridized carbons (Fsp3) is 0.314. The molecule has 4 aromatic heterocycles. The number of amides is 2. The summed E-state index contributed by atoms with van der Waals surface area (Å²) in [6.45, 7) is 13.3. The number of hydrogen-bond acceptors (Lipinski definition) is 7. The number of aryl methyl sites for hydroxylation is 3. The van der Waals surface area contributed by atoms with E-state index in [0.29, 0.717) is 44.6 Å². The second-order valence-electron chi connectivity index (χ2n) is 12.9. The summed E-state index contributed by atoms with van der Waals surface area (Å²) >= 11 is 0. The number of carbonyl (C=O) groups is 2. The lowest BCUT2D eigenvalue weighted by Crippen LogP contribution is -2.64. The molecule has 0 aliphatic carbocycles. The molecule has 12 nitrogen and oxygen atoms in total. The minimum atomic E-state index is -0.837. The first-order valence-corrected chi connectivity index (χ1v) is 15.8. The van der Waals surface area contributed by atoms with Crippen LogP contribution in [0, 0.1) is 19.7 Å². The normalized spacial score (nSPS) is 17.5. The van der Waals surface area contributed by atoms with Gasteiger partial charge in [0.1, 0.15) is 23.2 Å². The van der Waals surface area contributed by atoms with Crippen LogP contribution in [0.1, 0.15) is 43.5 Å². The van der Waals surface area contributed by atoms with Crippen LogP contribution in [0.4, 0.5) is 15.8 Å². The predicted molar refractivity (Wildman–Crippen MR) is 182 cm³/mol. The molecule has 2 atom stereocenters. The van der Waals surface area contributed by atoms with Crippen molar-refractivity contribution >= 4 is 45.3 Å². The average Bonchev–Trinajstić information content (AvgIpc) is 3.34. The first kappa shape index (κ1) is 31.0. The summed E-state index contributed by atoms with van der Waals surface area (Å²) in [5.74, 6) is -1.53. The van der Waals surface area contributed by atoms with Crippen LogP contribution in [-0.4, -0.2) is 66.0 Å². The molecular weight excluding hydrogens is 615 g/mol. The summed E-state index contributed by atoms with van der Waals surface area (Å²) in [6, 6.07) is 5.49. The minimum Gasteiger partial charge on any atom is -0.354 e. The second-order valence-corrected chi connectivity index (χ2v) is 12.9. The highest BCUT2D eigenvalue weighted by Gasteiger charge is 2.44. The Kier molecular flexibility index (Phi) is 7.11. The number of anilines is 2. The van der Waals surface area contributed by atoms with Gasteiger partial charge in [0.05, 0.1) is 34.6 Å². The highest BCUT2D eigenvalue weighted by Crippen LogP contribution is 2.42. The van der Waals surface area contributed by atoms with Gasteiger partial charge in [0, 0.05) is 36.8 Å². The van der Waals surface area contributed by atoms with Crippen LogP contribution in [-0.2, 0) is 16.6 Å². The Bertz CT molecular complexity index is 2350. The van der Waals surface area contributed by atoms with E-state index in [1.54, 1.807) is 41.2 Å². The fourth-order valence-corrected chi connectivity index (χ4v) is 7.17. The molecule has 2 amide bonds. The van der Waals surface area contributed by atoms with Crippen LogP contribution in [0.15, 0.2) is 52.7 Å². The van der Waals surface area contributed by atoms with Gasteiger partial charge in [-0.15, -0.1) is 0 Å². The topological polar surface area (TPSA) is 138 Å². The van der Waals surface area contributed by atoms with Crippen LogP contribution in [0.25, 0.3) is 39.0 Å². The van der Waals surface area contributed by atoms with Gasteiger partial charge in [0.15, 0.2) is 5.65 Å². The van der Waals surface area contributed by atoms with Crippen LogP contribution in [0.2, 0.25) is 0 Å². The second kappa shape index (κ2) is 11.0. The molecule has 2 aliphatic rings. The first-order valence-electron chi connectivity index (χ1n) is 15.8. The van der Waals surface area contributed by atoms with Crippen LogP contribution < -0.4 is 21.5 Å². The maximum Gasteiger partial charge on any atom is 0.326 e. The van der Waals surface area contributed by atoms with Gasteiger partial charge in [0.2, 0.25) is 11.8 Å². The van der Waals surface area contributed by atoms with E-state index in [1.807, 2.05) is 34.6 Å². The van der Waals surface area contributed by atoms with Crippen molar-refractivity contribution in [1.82, 2.24) is 29.0 Å². The number of hydrogen-bond donors (Lipinski definition) is 2. The van der Waals surface area contributed by atoms with Gasteiger partial charge < -0.3 is 20.1 Å². The van der Waals surface area contributed by atoms with E-state index < -0.39 is 23.3 Å². The molecule has 2 unspecified atom stereocenters. The summed E-state index contributed by atoms with van der Waals surface area (Å²) in [5, 5.41) is 3.11. The smallest absolute Gasteiger partial charge is 0.326 e. The Morgan fingerprint density at radius 1 is 1.10 bits per heavy atom. The van der Waals surface area contributed by atoms with Crippen molar-refractivity contribution in [2.24, 2.45) is 7.05 Å². The van der Waals surface area contributed by atoms with Crippen LogP contribution in [0.5, 0.6) is 0 Å². The highest BCUT2D eigenvalue weighted by molar-refractivity contribution is 6.11. The van der Waals surface area contributed by atoms with Gasteiger partial charge in [-0.3, -0.25) is 28.5 Å². The third-order valence-corrected chi connectivity index (χ3v) is 9.54. The number of imidazole rings is 1. The molecule has 7 rings (SSSR count). The summed E-state index contributed by atoms with van der Waals surface area (Å²) in [5.41, 5.74) is 3.49. The molecule has 0 bridgehead atoms. The van der Waals surface area contributed by atoms with E-state index in [1.165, 1.54) is 21.3 Å². The number of aromatic nitrogens is 5. The maximum absolute atomic E-state index is 16.7. The van der Waals surface area contributed by atoms with Crippen LogP contribution >= 0.6 is 0 Å². The number of nitrogens with zero attached hydrogens (tertiary/aromatic N) is 6. The van der Waals surface area contributed by atoms with Crippen molar-refractivity contribution in [2.45, 2.75) is 52.6 Å². The Labute approximate surface area is 274 Å². The highest BCUT2D eigenvalue weighted by atomic mass is 19.1. The van der Waals surface area contributed by atoms with E-state index in [2.05, 4.69) is 21.9 Å². The standard InChI is InChI=1S/C35H35FN8O4/c1-8-24(45)42-15-23-33(46)40-28-30(43(23)14-19(42)6)20-13-21(36)27(25-17(4)9-10-22-31(25)41(7)35(48)38-22)39-32(20)44(34(28)47)29-18(5)11-12-37-26(29)16(2)3/h8-13,16,19,23H,1,14-15H2,2-7H3,(H,38,48)(H,40,46). The summed E-state index contributed by atoms with van der Waals surface area (Å²) < 4.78 is 19.5. The Hall–Kier alpha value is -5.59. The molecule has 6 heterocycles. The molecule has 1 saturated heterocycles. The van der Waals surface area contributed by atoms with Gasteiger partial charge >= 0.3 is 5.69 Å². The lowest BCUT2D eigenvalue weighted by Gasteiger charge is -2.48. The lowest BCUT2D eigenvalue weighted by molar-refractivity contribution is -0.130. The molecule has 2 aliphatic heterocycles. The number of nitrogens with one attached hydrogen (secondary N) is 2. The molecule has 246 valence electrons. The number of pyridine rings is 3. The van der Waals surface area contributed by atoms with Crippen LogP contribution in [0.3, 0.4) is 0 Å². The number of benzene rings is 1. The Balaban J connectivity index is 1.61. The van der Waals surface area contributed by atoms with Gasteiger partial charge in [-0.25, -0.2) is 14.2 Å². The number of halogens is 1. The lowest BCUT2D eigenvalue weighted by atomic mass is 9.98. The third kappa shape index (κ3) is 4.40. The summed E-state index contributed by atoms with van der Waals surface area (Å²) in [4.78, 5) is 69.4. The van der Waals surface area contributed by atoms with Gasteiger partial charge in [-0.2, -0.15) is 0 Å². The average molecular weight is 651 g/mol. The number of carbonyl (C=O) groups excluding carboxylic acids is 2. The number of fused-ring (bicyclic) bond motifs is 6. The quantitative estimate of drug-likeness (QED) is 0.280. The van der Waals surface area contributed by atoms with E-state index in [0.717, 1.165) is 5.56 Å². The molecule has 0 spiro atoms. The molecule has 1 fully saturated rings. The van der Waals surface area contributed by atoms with Crippen molar-refractivity contribution < 1.29 is 14.0 Å². The number of aromatic amines is 1. The SMILES string of the molecule is C=CC(=O)N1CC2C(=O)Nc3c(c4cc(F)c(-c5c(C)ccc6[nH]c(=O)n(C)c56)nc4n(-c4c(C)ccnc4C(C)C)c3=O)N2CC1C. The van der Waals surface area contributed by atoms with E-state index in [-0.39, 0.29) is 53.7 Å². The third-order valence-electron chi connectivity index (χ3n) is 9.54. The molecule has 0 radical (unpaired) electrons. The van der Waals surface area contributed by atoms with E-state index >= 15 is 4.39 Å². The summed E-state index contributed by atoms with van der Waals surface area (Å²) in [6.07, 6.45) is 2.88. The van der Waals surface area contributed by atoms with Gasteiger partial charge in [-0.05, 0) is 62.1 Å². The molecule has 48 heavy (non-hydrogen) atoms. The fourth-order valence-electron chi connectivity index (χ4n) is 7.17. The summed E-state index contributed by atoms with van der Waals surface area (Å²) in [7, 11) is 1.60. The molecule has 0 saturated carbocycles. The Morgan fingerprint density at radius 2 is 1.85 bits per heavy atom. The minimum absolute atomic E-state index is 0.00216. The van der Waals surface area contributed by atoms with Crippen molar-refractivity contribution in [2.75, 3.05) is 23.3 Å². The number of rotatable bonds is 4. The number of H-pyrrole nitrogens is 1.